The highest BCUT2D eigenvalue weighted by Gasteiger charge is 2.27. The maximum absolute atomic E-state index is 10.2. The van der Waals surface area contributed by atoms with Crippen molar-refractivity contribution in [1.29, 1.82) is 0 Å². The minimum Gasteiger partial charge on any atom is -0.502 e. The molecular weight excluding hydrogens is 352 g/mol. The highest BCUT2D eigenvalue weighted by atomic mass is 16.5. The van der Waals surface area contributed by atoms with Gasteiger partial charge < -0.3 is 28.8 Å². The molecule has 3 rings (SSSR count). The molecule has 0 unspecified atom stereocenters. The van der Waals surface area contributed by atoms with Gasteiger partial charge in [-0.25, -0.2) is 4.42 Å². The molecule has 0 spiro atoms. The lowest BCUT2D eigenvalue weighted by atomic mass is 10.1. The van der Waals surface area contributed by atoms with Crippen LogP contribution in [0.1, 0.15) is 0 Å². The number of benzene rings is 2. The smallest absolute Gasteiger partial charge is 0.402 e. The summed E-state index contributed by atoms with van der Waals surface area (Å²) in [5.74, 6) is 2.54. The molecule has 0 aliphatic carbocycles. The number of phenols is 1. The van der Waals surface area contributed by atoms with Gasteiger partial charge in [0.25, 0.3) is 0 Å². The van der Waals surface area contributed by atoms with Gasteiger partial charge in [0.15, 0.2) is 11.5 Å². The average Bonchev–Trinajstić information content (AvgIpc) is 2.71. The lowest BCUT2D eigenvalue weighted by Crippen LogP contribution is -1.94. The summed E-state index contributed by atoms with van der Waals surface area (Å²) in [6.07, 6.45) is 0. The second kappa shape index (κ2) is 7.49. The Bertz CT molecular complexity index is 957. The van der Waals surface area contributed by atoms with E-state index in [0.29, 0.717) is 34.2 Å². The predicted molar refractivity (Wildman–Crippen MR) is 100 cm³/mol. The summed E-state index contributed by atoms with van der Waals surface area (Å²) in [5.41, 5.74) is 1.16. The first kappa shape index (κ1) is 18.4. The number of methoxy groups -OCH3 is 5. The lowest BCUT2D eigenvalue weighted by Gasteiger charge is -2.10. The average molecular weight is 373 g/mol. The van der Waals surface area contributed by atoms with Crippen LogP contribution in [0, 0.1) is 0 Å². The first-order valence-electron chi connectivity index (χ1n) is 8.08. The number of aromatic hydroxyl groups is 1. The molecule has 0 aliphatic rings. The van der Waals surface area contributed by atoms with E-state index >= 15 is 0 Å². The van der Waals surface area contributed by atoms with E-state index in [9.17, 15) is 5.11 Å². The van der Waals surface area contributed by atoms with Crippen molar-refractivity contribution in [2.24, 2.45) is 0 Å². The van der Waals surface area contributed by atoms with E-state index in [1.807, 2.05) is 6.07 Å². The van der Waals surface area contributed by atoms with Crippen molar-refractivity contribution in [3.63, 3.8) is 0 Å². The molecule has 0 saturated heterocycles. The third-order valence-electron chi connectivity index (χ3n) is 4.21. The number of hydrogen-bond acceptors (Lipinski definition) is 6. The fraction of sp³-hybridized carbons (Fsp3) is 0.250. The van der Waals surface area contributed by atoms with E-state index in [2.05, 4.69) is 0 Å². The maximum atomic E-state index is 10.2. The van der Waals surface area contributed by atoms with Crippen molar-refractivity contribution in [1.82, 2.24) is 0 Å². The van der Waals surface area contributed by atoms with E-state index in [-0.39, 0.29) is 17.2 Å². The molecular formula is C20H21O7+. The highest BCUT2D eigenvalue weighted by molar-refractivity contribution is 5.89. The second-order valence-corrected chi connectivity index (χ2v) is 5.61. The third-order valence-corrected chi connectivity index (χ3v) is 4.21. The van der Waals surface area contributed by atoms with Gasteiger partial charge in [-0.2, -0.15) is 0 Å². The lowest BCUT2D eigenvalue weighted by molar-refractivity contribution is 0.340. The zero-order valence-corrected chi connectivity index (χ0v) is 15.8. The van der Waals surface area contributed by atoms with Crippen LogP contribution < -0.4 is 23.7 Å². The number of phenolic OH excluding ortho intramolecular Hbond substituents is 1. The van der Waals surface area contributed by atoms with Gasteiger partial charge in [-0.1, -0.05) is 0 Å². The van der Waals surface area contributed by atoms with Crippen LogP contribution in [0.15, 0.2) is 34.7 Å². The Labute approximate surface area is 156 Å². The molecule has 3 aromatic rings. The topological polar surface area (TPSA) is 77.7 Å². The molecule has 1 heterocycles. The van der Waals surface area contributed by atoms with Gasteiger partial charge in [0.05, 0.1) is 47.2 Å². The van der Waals surface area contributed by atoms with Crippen LogP contribution in [0.2, 0.25) is 0 Å². The van der Waals surface area contributed by atoms with Gasteiger partial charge in [0.2, 0.25) is 11.5 Å². The van der Waals surface area contributed by atoms with Crippen molar-refractivity contribution in [2.75, 3.05) is 35.5 Å². The van der Waals surface area contributed by atoms with Crippen LogP contribution in [0.3, 0.4) is 0 Å². The molecule has 1 N–H and O–H groups in total. The molecule has 0 aliphatic heterocycles. The first-order valence-corrected chi connectivity index (χ1v) is 8.08. The van der Waals surface area contributed by atoms with Gasteiger partial charge >= 0.3 is 11.3 Å². The summed E-state index contributed by atoms with van der Waals surface area (Å²) >= 11 is 0. The Balaban J connectivity index is 2.31. The van der Waals surface area contributed by atoms with Crippen molar-refractivity contribution in [2.45, 2.75) is 0 Å². The second-order valence-electron chi connectivity index (χ2n) is 5.61. The van der Waals surface area contributed by atoms with E-state index in [1.54, 1.807) is 45.6 Å². The number of ether oxygens (including phenoxy) is 5. The summed E-state index contributed by atoms with van der Waals surface area (Å²) in [6.45, 7) is 0. The van der Waals surface area contributed by atoms with Gasteiger partial charge in [-0.15, -0.1) is 0 Å². The zero-order chi connectivity index (χ0) is 19.6. The molecule has 0 atom stereocenters. The summed E-state index contributed by atoms with van der Waals surface area (Å²) in [6, 6.07) is 8.63. The Morgan fingerprint density at radius 1 is 0.667 bits per heavy atom. The van der Waals surface area contributed by atoms with E-state index in [0.717, 1.165) is 5.39 Å². The summed E-state index contributed by atoms with van der Waals surface area (Å²) < 4.78 is 32.8. The Morgan fingerprint density at radius 2 is 1.26 bits per heavy atom. The molecule has 0 bridgehead atoms. The molecule has 0 radical (unpaired) electrons. The largest absolute Gasteiger partial charge is 0.502 e. The summed E-state index contributed by atoms with van der Waals surface area (Å²) in [4.78, 5) is 0. The van der Waals surface area contributed by atoms with Crippen LogP contribution in [0.5, 0.6) is 34.5 Å². The number of rotatable bonds is 6. The minimum absolute atomic E-state index is 0.0909. The molecule has 2 aromatic carbocycles. The normalized spacial score (nSPS) is 10.6. The van der Waals surface area contributed by atoms with Crippen LogP contribution in [-0.2, 0) is 0 Å². The zero-order valence-electron chi connectivity index (χ0n) is 15.8. The highest BCUT2D eigenvalue weighted by Crippen LogP contribution is 2.44. The number of hydrogen-bond donors (Lipinski definition) is 1. The van der Waals surface area contributed by atoms with Crippen LogP contribution in [0.4, 0.5) is 0 Å². The SMILES string of the molecule is COc1cc(OC)c2cc(OC)c(-c3cc(OC)c(O)c(OC)c3)[o+]c2c1. The van der Waals surface area contributed by atoms with Crippen molar-refractivity contribution >= 4 is 11.0 Å². The van der Waals surface area contributed by atoms with Crippen LogP contribution in [0.25, 0.3) is 22.3 Å². The quantitative estimate of drug-likeness (QED) is 0.651. The molecule has 142 valence electrons. The number of fused-ring (bicyclic) bond motifs is 1. The van der Waals surface area contributed by atoms with Gasteiger partial charge in [-0.05, 0) is 0 Å². The molecule has 0 fully saturated rings. The van der Waals surface area contributed by atoms with Gasteiger partial charge in [-0.3, -0.25) is 0 Å². The van der Waals surface area contributed by atoms with Gasteiger partial charge in [0, 0.05) is 24.3 Å². The van der Waals surface area contributed by atoms with Gasteiger partial charge in [0.1, 0.15) is 16.9 Å². The Kier molecular flexibility index (Phi) is 5.12. The first-order chi connectivity index (χ1) is 13.1. The van der Waals surface area contributed by atoms with Crippen LogP contribution >= 0.6 is 0 Å². The third kappa shape index (κ3) is 3.23. The summed E-state index contributed by atoms with van der Waals surface area (Å²) in [7, 11) is 7.61. The molecule has 7 nitrogen and oxygen atoms in total. The Morgan fingerprint density at radius 3 is 1.78 bits per heavy atom. The maximum Gasteiger partial charge on any atom is 0.402 e. The fourth-order valence-corrected chi connectivity index (χ4v) is 2.82. The molecule has 0 amide bonds. The molecule has 0 saturated carbocycles. The molecule has 27 heavy (non-hydrogen) atoms. The van der Waals surface area contributed by atoms with E-state index < -0.39 is 0 Å². The van der Waals surface area contributed by atoms with Crippen LogP contribution in [-0.4, -0.2) is 40.7 Å². The summed E-state index contributed by atoms with van der Waals surface area (Å²) in [5, 5.41) is 10.9. The van der Waals surface area contributed by atoms with Crippen molar-refractivity contribution in [3.8, 4) is 45.8 Å². The standard InChI is InChI=1S/C20H20O7/c1-22-12-8-14(23-2)13-10-18(26-5)20(27-15(13)9-12)11-6-16(24-3)19(21)17(7-11)25-4/h6-10H,1-5H3/p+1. The predicted octanol–water partition coefficient (Wildman–Crippen LogP) is 4.13. The van der Waals surface area contributed by atoms with E-state index in [4.69, 9.17) is 28.1 Å². The monoisotopic (exact) mass is 373 g/mol. The fourth-order valence-electron chi connectivity index (χ4n) is 2.82. The molecule has 7 heteroatoms. The van der Waals surface area contributed by atoms with Crippen molar-refractivity contribution in [3.05, 3.63) is 30.3 Å². The molecule has 1 aromatic heterocycles. The Hall–Kier alpha value is -3.35. The minimum atomic E-state index is -0.0909. The van der Waals surface area contributed by atoms with Crippen molar-refractivity contribution < 1.29 is 33.2 Å². The van der Waals surface area contributed by atoms with E-state index in [1.165, 1.54) is 14.2 Å².